The minimum atomic E-state index is -0.415. The van der Waals surface area contributed by atoms with Crippen molar-refractivity contribution < 1.29 is 14.3 Å². The van der Waals surface area contributed by atoms with Gasteiger partial charge in [-0.2, -0.15) is 0 Å². The van der Waals surface area contributed by atoms with Crippen molar-refractivity contribution in [1.82, 2.24) is 0 Å². The van der Waals surface area contributed by atoms with E-state index < -0.39 is 5.97 Å². The Balaban J connectivity index is 2.23. The standard InChI is InChI=1S/C14H18N2O3/c1-8(2)6-12-13(17)16-11-7-9(14(18)19-3)4-5-10(11)15-12/h4-5,7-8,12,15H,6H2,1-3H3,(H,16,17). The summed E-state index contributed by atoms with van der Waals surface area (Å²) in [6.07, 6.45) is 0.768. The fourth-order valence-electron chi connectivity index (χ4n) is 2.13. The highest BCUT2D eigenvalue weighted by Crippen LogP contribution is 2.29. The minimum Gasteiger partial charge on any atom is -0.465 e. The van der Waals surface area contributed by atoms with Crippen LogP contribution < -0.4 is 10.6 Å². The van der Waals surface area contributed by atoms with Crippen molar-refractivity contribution in [3.8, 4) is 0 Å². The number of benzene rings is 1. The smallest absolute Gasteiger partial charge is 0.337 e. The number of hydrogen-bond donors (Lipinski definition) is 2. The lowest BCUT2D eigenvalue weighted by molar-refractivity contribution is -0.117. The van der Waals surface area contributed by atoms with Crippen LogP contribution in [0.25, 0.3) is 0 Å². The van der Waals surface area contributed by atoms with Crippen molar-refractivity contribution in [2.75, 3.05) is 17.7 Å². The molecule has 2 rings (SSSR count). The highest BCUT2D eigenvalue weighted by atomic mass is 16.5. The van der Waals surface area contributed by atoms with Crippen LogP contribution in [0, 0.1) is 5.92 Å². The summed E-state index contributed by atoms with van der Waals surface area (Å²) in [5.41, 5.74) is 1.87. The molecule has 102 valence electrons. The molecule has 5 heteroatoms. The third kappa shape index (κ3) is 2.86. The molecule has 2 N–H and O–H groups in total. The van der Waals surface area contributed by atoms with E-state index in [9.17, 15) is 9.59 Å². The molecule has 0 fully saturated rings. The number of carbonyl (C=O) groups excluding carboxylic acids is 2. The molecule has 1 aromatic rings. The molecule has 5 nitrogen and oxygen atoms in total. The van der Waals surface area contributed by atoms with Gasteiger partial charge in [0, 0.05) is 0 Å². The highest BCUT2D eigenvalue weighted by Gasteiger charge is 2.26. The van der Waals surface area contributed by atoms with Crippen LogP contribution in [0.4, 0.5) is 11.4 Å². The summed E-state index contributed by atoms with van der Waals surface area (Å²) in [4.78, 5) is 23.4. The highest BCUT2D eigenvalue weighted by molar-refractivity contribution is 6.04. The first-order valence-corrected chi connectivity index (χ1v) is 6.31. The maximum Gasteiger partial charge on any atom is 0.337 e. The van der Waals surface area contributed by atoms with Crippen LogP contribution in [-0.4, -0.2) is 25.0 Å². The monoisotopic (exact) mass is 262 g/mol. The Kier molecular flexibility index (Phi) is 3.74. The molecule has 0 radical (unpaired) electrons. The van der Waals surface area contributed by atoms with Crippen molar-refractivity contribution in [2.24, 2.45) is 5.92 Å². The average molecular weight is 262 g/mol. The van der Waals surface area contributed by atoms with Gasteiger partial charge >= 0.3 is 5.97 Å². The number of nitrogens with one attached hydrogen (secondary N) is 2. The van der Waals surface area contributed by atoms with Gasteiger partial charge in [-0.1, -0.05) is 13.8 Å². The first-order valence-electron chi connectivity index (χ1n) is 6.31. The second-order valence-corrected chi connectivity index (χ2v) is 5.07. The molecule has 1 atom stereocenters. The lowest BCUT2D eigenvalue weighted by Crippen LogP contribution is -2.39. The van der Waals surface area contributed by atoms with Gasteiger partial charge in [-0.3, -0.25) is 4.79 Å². The third-order valence-corrected chi connectivity index (χ3v) is 3.05. The van der Waals surface area contributed by atoms with E-state index in [1.165, 1.54) is 7.11 Å². The van der Waals surface area contributed by atoms with Crippen LogP contribution in [-0.2, 0) is 9.53 Å². The summed E-state index contributed by atoms with van der Waals surface area (Å²) in [5.74, 6) is -0.0521. The van der Waals surface area contributed by atoms with E-state index in [1.54, 1.807) is 18.2 Å². The summed E-state index contributed by atoms with van der Waals surface area (Å²) in [5, 5.41) is 6.02. The molecule has 0 saturated carbocycles. The molecule has 0 spiro atoms. The summed E-state index contributed by atoms with van der Waals surface area (Å²) in [6.45, 7) is 4.15. The Labute approximate surface area is 112 Å². The van der Waals surface area contributed by atoms with Gasteiger partial charge in [0.15, 0.2) is 0 Å². The van der Waals surface area contributed by atoms with Crippen LogP contribution in [0.2, 0.25) is 0 Å². The van der Waals surface area contributed by atoms with Crippen molar-refractivity contribution >= 4 is 23.3 Å². The number of amides is 1. The summed E-state index contributed by atoms with van der Waals surface area (Å²) < 4.78 is 4.66. The number of hydrogen-bond acceptors (Lipinski definition) is 4. The number of anilines is 2. The van der Waals surface area contributed by atoms with E-state index >= 15 is 0 Å². The molecule has 1 unspecified atom stereocenters. The summed E-state index contributed by atoms with van der Waals surface area (Å²) in [6, 6.07) is 4.87. The molecule has 1 aromatic carbocycles. The second-order valence-electron chi connectivity index (χ2n) is 5.07. The van der Waals surface area contributed by atoms with Gasteiger partial charge in [0.05, 0.1) is 24.0 Å². The van der Waals surface area contributed by atoms with Gasteiger partial charge in [0.2, 0.25) is 5.91 Å². The van der Waals surface area contributed by atoms with Crippen LogP contribution in [0.5, 0.6) is 0 Å². The molecule has 1 amide bonds. The Hall–Kier alpha value is -2.04. The Morgan fingerprint density at radius 1 is 1.37 bits per heavy atom. The maximum absolute atomic E-state index is 12.0. The maximum atomic E-state index is 12.0. The molecule has 19 heavy (non-hydrogen) atoms. The fraction of sp³-hybridized carbons (Fsp3) is 0.429. The van der Waals surface area contributed by atoms with Crippen LogP contribution in [0.1, 0.15) is 30.6 Å². The second kappa shape index (κ2) is 5.30. The molecule has 0 aromatic heterocycles. The predicted octanol–water partition coefficient (Wildman–Crippen LogP) is 2.25. The predicted molar refractivity (Wildman–Crippen MR) is 73.3 cm³/mol. The molecule has 0 saturated heterocycles. The number of rotatable bonds is 3. The average Bonchev–Trinajstić information content (AvgIpc) is 2.37. The normalized spacial score (nSPS) is 17.5. The fourth-order valence-corrected chi connectivity index (χ4v) is 2.13. The van der Waals surface area contributed by atoms with Gasteiger partial charge in [-0.15, -0.1) is 0 Å². The van der Waals surface area contributed by atoms with Gasteiger partial charge in [0.1, 0.15) is 6.04 Å². The molecular formula is C14H18N2O3. The van der Waals surface area contributed by atoms with E-state index in [2.05, 4.69) is 29.2 Å². The largest absolute Gasteiger partial charge is 0.465 e. The minimum absolute atomic E-state index is 0.0665. The molecule has 1 heterocycles. The number of esters is 1. The van der Waals surface area contributed by atoms with Crippen molar-refractivity contribution in [1.29, 1.82) is 0 Å². The van der Waals surface area contributed by atoms with Crippen molar-refractivity contribution in [3.63, 3.8) is 0 Å². The van der Waals surface area contributed by atoms with E-state index in [0.29, 0.717) is 17.2 Å². The Morgan fingerprint density at radius 3 is 2.74 bits per heavy atom. The molecule has 0 bridgehead atoms. The van der Waals surface area contributed by atoms with Crippen LogP contribution in [0.15, 0.2) is 18.2 Å². The Bertz CT molecular complexity index is 511. The zero-order valence-corrected chi connectivity index (χ0v) is 11.3. The van der Waals surface area contributed by atoms with Gasteiger partial charge in [-0.25, -0.2) is 4.79 Å². The molecule has 1 aliphatic heterocycles. The number of carbonyl (C=O) groups is 2. The lowest BCUT2D eigenvalue weighted by atomic mass is 10.00. The van der Waals surface area contributed by atoms with Crippen LogP contribution >= 0.6 is 0 Å². The van der Waals surface area contributed by atoms with E-state index in [0.717, 1.165) is 12.1 Å². The lowest BCUT2D eigenvalue weighted by Gasteiger charge is -2.28. The molecule has 0 aliphatic carbocycles. The first-order chi connectivity index (χ1) is 9.01. The van der Waals surface area contributed by atoms with Gasteiger partial charge in [-0.05, 0) is 30.5 Å². The molecular weight excluding hydrogens is 244 g/mol. The zero-order chi connectivity index (χ0) is 14.0. The summed E-state index contributed by atoms with van der Waals surface area (Å²) in [7, 11) is 1.33. The van der Waals surface area contributed by atoms with E-state index in [1.807, 2.05) is 0 Å². The SMILES string of the molecule is COC(=O)c1ccc2c(c1)NC(=O)C(CC(C)C)N2. The number of ether oxygens (including phenoxy) is 1. The summed E-state index contributed by atoms with van der Waals surface area (Å²) >= 11 is 0. The van der Waals surface area contributed by atoms with Gasteiger partial charge in [0.25, 0.3) is 0 Å². The van der Waals surface area contributed by atoms with Crippen molar-refractivity contribution in [2.45, 2.75) is 26.3 Å². The topological polar surface area (TPSA) is 67.4 Å². The number of methoxy groups -OCH3 is 1. The van der Waals surface area contributed by atoms with E-state index in [-0.39, 0.29) is 11.9 Å². The van der Waals surface area contributed by atoms with Crippen LogP contribution in [0.3, 0.4) is 0 Å². The Morgan fingerprint density at radius 2 is 2.11 bits per heavy atom. The first kappa shape index (κ1) is 13.4. The van der Waals surface area contributed by atoms with Crippen molar-refractivity contribution in [3.05, 3.63) is 23.8 Å². The van der Waals surface area contributed by atoms with E-state index in [4.69, 9.17) is 0 Å². The zero-order valence-electron chi connectivity index (χ0n) is 11.3. The van der Waals surface area contributed by atoms with Gasteiger partial charge < -0.3 is 15.4 Å². The number of fused-ring (bicyclic) bond motifs is 1. The molecule has 1 aliphatic rings. The third-order valence-electron chi connectivity index (χ3n) is 3.05. The quantitative estimate of drug-likeness (QED) is 0.820.